The van der Waals surface area contributed by atoms with Gasteiger partial charge in [-0.25, -0.2) is 0 Å². The second kappa shape index (κ2) is 5.66. The maximum Gasteiger partial charge on any atom is 0.323 e. The van der Waals surface area contributed by atoms with E-state index in [1.165, 1.54) is 0 Å². The van der Waals surface area contributed by atoms with E-state index in [1.54, 1.807) is 25.1 Å². The van der Waals surface area contributed by atoms with Crippen LogP contribution in [0.2, 0.25) is 0 Å². The Labute approximate surface area is 88.0 Å². The average Bonchev–Trinajstić information content (AvgIpc) is 2.19. The zero-order valence-electron chi connectivity index (χ0n) is 8.34. The van der Waals surface area contributed by atoms with Gasteiger partial charge < -0.3 is 9.47 Å². The number of rotatable bonds is 4. The van der Waals surface area contributed by atoms with E-state index < -0.39 is 12.3 Å². The van der Waals surface area contributed by atoms with Crippen LogP contribution in [-0.4, -0.2) is 12.3 Å². The van der Waals surface area contributed by atoms with Crippen LogP contribution < -0.4 is 4.74 Å². The van der Waals surface area contributed by atoms with Gasteiger partial charge in [0.05, 0.1) is 6.07 Å². The van der Waals surface area contributed by atoms with Crippen LogP contribution >= 0.6 is 0 Å². The molecule has 0 fully saturated rings. The molecule has 0 spiro atoms. The summed E-state index contributed by atoms with van der Waals surface area (Å²) < 4.78 is 10.1. The number of hydrogen-bond donors (Lipinski definition) is 0. The number of para-hydroxylation sites is 1. The van der Waals surface area contributed by atoms with Crippen LogP contribution in [0.4, 0.5) is 0 Å². The lowest BCUT2D eigenvalue weighted by Crippen LogP contribution is -2.20. The summed E-state index contributed by atoms with van der Waals surface area (Å²) in [5.41, 5.74) is 0. The number of carbonyl (C=O) groups excluding carboxylic acids is 1. The van der Waals surface area contributed by atoms with Gasteiger partial charge in [-0.3, -0.25) is 4.79 Å². The van der Waals surface area contributed by atoms with Crippen LogP contribution in [0.5, 0.6) is 5.75 Å². The van der Waals surface area contributed by atoms with E-state index in [-0.39, 0.29) is 6.42 Å². The molecule has 4 heteroatoms. The topological polar surface area (TPSA) is 59.3 Å². The summed E-state index contributed by atoms with van der Waals surface area (Å²) in [6.07, 6.45) is -0.948. The molecular weight excluding hydrogens is 194 g/mol. The molecule has 0 amide bonds. The van der Waals surface area contributed by atoms with Crippen LogP contribution in [0.25, 0.3) is 0 Å². The van der Waals surface area contributed by atoms with Gasteiger partial charge in [-0.15, -0.1) is 0 Å². The molecule has 15 heavy (non-hydrogen) atoms. The van der Waals surface area contributed by atoms with Gasteiger partial charge in [-0.05, 0) is 12.1 Å². The summed E-state index contributed by atoms with van der Waals surface area (Å²) in [4.78, 5) is 10.9. The second-order valence-corrected chi connectivity index (χ2v) is 2.82. The van der Waals surface area contributed by atoms with E-state index >= 15 is 0 Å². The van der Waals surface area contributed by atoms with Gasteiger partial charge in [0, 0.05) is 6.92 Å². The van der Waals surface area contributed by atoms with E-state index in [4.69, 9.17) is 14.7 Å². The van der Waals surface area contributed by atoms with Crippen molar-refractivity contribution in [3.63, 3.8) is 0 Å². The van der Waals surface area contributed by atoms with Gasteiger partial charge >= 0.3 is 5.97 Å². The lowest BCUT2D eigenvalue weighted by molar-refractivity contribution is -0.159. The molecule has 1 unspecified atom stereocenters. The Hall–Kier alpha value is -2.02. The average molecular weight is 205 g/mol. The highest BCUT2D eigenvalue weighted by Gasteiger charge is 2.09. The smallest absolute Gasteiger partial charge is 0.323 e. The van der Waals surface area contributed by atoms with Crippen molar-refractivity contribution in [2.24, 2.45) is 0 Å². The van der Waals surface area contributed by atoms with Crippen LogP contribution in [0.15, 0.2) is 30.3 Å². The second-order valence-electron chi connectivity index (χ2n) is 2.82. The molecule has 0 saturated carbocycles. The molecule has 0 bridgehead atoms. The molecule has 1 aromatic carbocycles. The highest BCUT2D eigenvalue weighted by molar-refractivity contribution is 5.71. The Morgan fingerprint density at radius 1 is 1.47 bits per heavy atom. The Bertz CT molecular complexity index is 356. The Balaban J connectivity index is 2.40. The predicted molar refractivity (Wildman–Crippen MR) is 52.9 cm³/mol. The van der Waals surface area contributed by atoms with Gasteiger partial charge in [0.25, 0.3) is 0 Å². The fourth-order valence-corrected chi connectivity index (χ4v) is 1.01. The van der Waals surface area contributed by atoms with Crippen molar-refractivity contribution in [2.45, 2.75) is 19.6 Å². The number of benzene rings is 1. The Kier molecular flexibility index (Phi) is 4.17. The standard InChI is InChI=1S/C11H11NO3/c1-9(15-11(13)7-8-12)14-10-5-3-2-4-6-10/h2-6,9H,7H2,1H3. The van der Waals surface area contributed by atoms with Crippen molar-refractivity contribution in [2.75, 3.05) is 0 Å². The summed E-state index contributed by atoms with van der Waals surface area (Å²) >= 11 is 0. The first-order valence-corrected chi connectivity index (χ1v) is 4.50. The number of carbonyl (C=O) groups is 1. The van der Waals surface area contributed by atoms with E-state index in [2.05, 4.69) is 0 Å². The third kappa shape index (κ3) is 4.14. The molecular formula is C11H11NO3. The molecule has 1 aromatic rings. The molecule has 0 aromatic heterocycles. The molecule has 0 aliphatic heterocycles. The summed E-state index contributed by atoms with van der Waals surface area (Å²) in [5, 5.41) is 8.25. The van der Waals surface area contributed by atoms with Crippen LogP contribution in [-0.2, 0) is 9.53 Å². The Morgan fingerprint density at radius 2 is 2.13 bits per heavy atom. The number of hydrogen-bond acceptors (Lipinski definition) is 4. The van der Waals surface area contributed by atoms with Crippen LogP contribution in [0.3, 0.4) is 0 Å². The van der Waals surface area contributed by atoms with Crippen molar-refractivity contribution >= 4 is 5.97 Å². The summed E-state index contributed by atoms with van der Waals surface area (Å²) in [5.74, 6) is 0.0377. The SMILES string of the molecule is CC(OC(=O)CC#N)Oc1ccccc1. The normalized spacial score (nSPS) is 11.2. The molecule has 4 nitrogen and oxygen atoms in total. The minimum Gasteiger partial charge on any atom is -0.455 e. The molecule has 0 saturated heterocycles. The molecule has 0 heterocycles. The molecule has 0 aliphatic carbocycles. The highest BCUT2D eigenvalue weighted by Crippen LogP contribution is 2.11. The predicted octanol–water partition coefficient (Wildman–Crippen LogP) is 1.87. The van der Waals surface area contributed by atoms with Crippen molar-refractivity contribution in [1.29, 1.82) is 5.26 Å². The minimum absolute atomic E-state index is 0.261. The summed E-state index contributed by atoms with van der Waals surface area (Å²) in [6.45, 7) is 1.60. The van der Waals surface area contributed by atoms with Gasteiger partial charge in [0.2, 0.25) is 6.29 Å². The van der Waals surface area contributed by atoms with E-state index in [1.807, 2.05) is 18.2 Å². The monoisotopic (exact) mass is 205 g/mol. The number of ether oxygens (including phenoxy) is 2. The maximum absolute atomic E-state index is 10.9. The molecule has 0 radical (unpaired) electrons. The zero-order chi connectivity index (χ0) is 11.1. The van der Waals surface area contributed by atoms with Crippen molar-refractivity contribution in [3.8, 4) is 11.8 Å². The van der Waals surface area contributed by atoms with Gasteiger partial charge in [0.1, 0.15) is 12.2 Å². The van der Waals surface area contributed by atoms with Crippen LogP contribution in [0, 0.1) is 11.3 Å². The quantitative estimate of drug-likeness (QED) is 0.556. The van der Waals surface area contributed by atoms with Crippen molar-refractivity contribution in [3.05, 3.63) is 30.3 Å². The molecule has 1 atom stereocenters. The summed E-state index contributed by atoms with van der Waals surface area (Å²) in [6, 6.07) is 10.7. The van der Waals surface area contributed by atoms with E-state index in [9.17, 15) is 4.79 Å². The van der Waals surface area contributed by atoms with E-state index in [0.717, 1.165) is 0 Å². The molecule has 1 rings (SSSR count). The van der Waals surface area contributed by atoms with Gasteiger partial charge in [0.15, 0.2) is 0 Å². The third-order valence-electron chi connectivity index (χ3n) is 1.57. The first kappa shape index (κ1) is 11.1. The van der Waals surface area contributed by atoms with E-state index in [0.29, 0.717) is 5.75 Å². The molecule has 0 N–H and O–H groups in total. The summed E-state index contributed by atoms with van der Waals surface area (Å²) in [7, 11) is 0. The third-order valence-corrected chi connectivity index (χ3v) is 1.57. The zero-order valence-corrected chi connectivity index (χ0v) is 8.34. The number of nitriles is 1. The van der Waals surface area contributed by atoms with Crippen molar-refractivity contribution in [1.82, 2.24) is 0 Å². The fourth-order valence-electron chi connectivity index (χ4n) is 1.01. The lowest BCUT2D eigenvalue weighted by atomic mass is 10.3. The molecule has 78 valence electrons. The maximum atomic E-state index is 10.9. The molecule has 0 aliphatic rings. The largest absolute Gasteiger partial charge is 0.455 e. The first-order chi connectivity index (χ1) is 7.22. The fraction of sp³-hybridized carbons (Fsp3) is 0.273. The Morgan fingerprint density at radius 3 is 2.73 bits per heavy atom. The lowest BCUT2D eigenvalue weighted by Gasteiger charge is -2.14. The first-order valence-electron chi connectivity index (χ1n) is 4.50. The van der Waals surface area contributed by atoms with Crippen molar-refractivity contribution < 1.29 is 14.3 Å². The van der Waals surface area contributed by atoms with Gasteiger partial charge in [-0.1, -0.05) is 18.2 Å². The number of esters is 1. The van der Waals surface area contributed by atoms with Crippen LogP contribution in [0.1, 0.15) is 13.3 Å². The highest BCUT2D eigenvalue weighted by atomic mass is 16.7. The minimum atomic E-state index is -0.687. The van der Waals surface area contributed by atoms with Gasteiger partial charge in [-0.2, -0.15) is 5.26 Å². The number of nitrogens with zero attached hydrogens (tertiary/aromatic N) is 1.